The summed E-state index contributed by atoms with van der Waals surface area (Å²) in [6.07, 6.45) is 1.42. The van der Waals surface area contributed by atoms with Crippen molar-refractivity contribution in [1.29, 1.82) is 0 Å². The number of carboxylic acids is 1. The van der Waals surface area contributed by atoms with Gasteiger partial charge in [-0.1, -0.05) is 13.8 Å². The topological polar surface area (TPSA) is 63.1 Å². The van der Waals surface area contributed by atoms with E-state index in [2.05, 4.69) is 9.97 Å². The van der Waals surface area contributed by atoms with Gasteiger partial charge in [-0.3, -0.25) is 0 Å². The highest BCUT2D eigenvalue weighted by Crippen LogP contribution is 1.91. The molecule has 0 aliphatic carbocycles. The quantitative estimate of drug-likeness (QED) is 0.690. The van der Waals surface area contributed by atoms with Gasteiger partial charge in [0.15, 0.2) is 0 Å². The van der Waals surface area contributed by atoms with Gasteiger partial charge in [-0.15, -0.1) is 0 Å². The second-order valence-corrected chi connectivity index (χ2v) is 1.83. The Morgan fingerprint density at radius 1 is 1.50 bits per heavy atom. The summed E-state index contributed by atoms with van der Waals surface area (Å²) in [5.41, 5.74) is 0.660. The molecule has 0 spiro atoms. The van der Waals surface area contributed by atoms with E-state index in [4.69, 9.17) is 5.11 Å². The number of aryl methyl sites for hydroxylation is 1. The first-order valence-corrected chi connectivity index (χ1v) is 3.73. The van der Waals surface area contributed by atoms with Gasteiger partial charge in [-0.25, -0.2) is 14.8 Å². The number of hydrogen-bond acceptors (Lipinski definition) is 3. The molecule has 0 saturated heterocycles. The Bertz CT molecular complexity index is 261. The van der Waals surface area contributed by atoms with Crippen LogP contribution in [0.2, 0.25) is 0 Å². The fourth-order valence-electron chi connectivity index (χ4n) is 0.552. The average Bonchev–Trinajstić information content (AvgIpc) is 2.08. The molecule has 12 heavy (non-hydrogen) atoms. The van der Waals surface area contributed by atoms with Crippen molar-refractivity contribution in [3.8, 4) is 0 Å². The molecule has 0 aliphatic heterocycles. The van der Waals surface area contributed by atoms with Crippen LogP contribution >= 0.6 is 0 Å². The molecule has 0 saturated carbocycles. The van der Waals surface area contributed by atoms with Crippen molar-refractivity contribution >= 4 is 5.97 Å². The molecule has 0 amide bonds. The van der Waals surface area contributed by atoms with Gasteiger partial charge in [0.1, 0.15) is 0 Å². The van der Waals surface area contributed by atoms with Crippen molar-refractivity contribution in [3.05, 3.63) is 23.8 Å². The van der Waals surface area contributed by atoms with Crippen molar-refractivity contribution in [3.63, 3.8) is 0 Å². The molecular formula is C8H12N2O2. The normalized spacial score (nSPS) is 8.25. The zero-order valence-corrected chi connectivity index (χ0v) is 7.40. The summed E-state index contributed by atoms with van der Waals surface area (Å²) in [7, 11) is 0. The molecule has 4 heteroatoms. The third-order valence-corrected chi connectivity index (χ3v) is 0.986. The molecule has 1 N–H and O–H groups in total. The van der Waals surface area contributed by atoms with Crippen LogP contribution in [0.25, 0.3) is 0 Å². The lowest BCUT2D eigenvalue weighted by Crippen LogP contribution is -2.03. The van der Waals surface area contributed by atoms with Crippen LogP contribution in [0.15, 0.2) is 12.3 Å². The predicted molar refractivity (Wildman–Crippen MR) is 45.1 cm³/mol. The molecule has 0 bridgehead atoms. The lowest BCUT2D eigenvalue weighted by atomic mass is 10.4. The van der Waals surface area contributed by atoms with Crippen molar-refractivity contribution < 1.29 is 9.90 Å². The Morgan fingerprint density at radius 3 is 2.42 bits per heavy atom. The van der Waals surface area contributed by atoms with Crippen molar-refractivity contribution in [2.75, 3.05) is 0 Å². The Balaban J connectivity index is 0.000000561. The minimum Gasteiger partial charge on any atom is -0.475 e. The molecule has 1 heterocycles. The molecule has 0 fully saturated rings. The van der Waals surface area contributed by atoms with Crippen LogP contribution < -0.4 is 0 Å². The molecule has 0 radical (unpaired) electrons. The highest BCUT2D eigenvalue weighted by atomic mass is 16.4. The van der Waals surface area contributed by atoms with Crippen LogP contribution in [0, 0.1) is 6.92 Å². The first kappa shape index (κ1) is 10.6. The number of aromatic nitrogens is 2. The molecule has 0 aromatic carbocycles. The van der Waals surface area contributed by atoms with Gasteiger partial charge in [-0.05, 0) is 13.0 Å². The van der Waals surface area contributed by atoms with Crippen molar-refractivity contribution in [1.82, 2.24) is 9.97 Å². The Labute approximate surface area is 71.3 Å². The van der Waals surface area contributed by atoms with Crippen LogP contribution in [0.1, 0.15) is 30.2 Å². The van der Waals surface area contributed by atoms with Gasteiger partial charge in [-0.2, -0.15) is 0 Å². The molecule has 1 rings (SSSR count). The number of nitrogens with zero attached hydrogens (tertiary/aromatic N) is 2. The van der Waals surface area contributed by atoms with Crippen LogP contribution in [0.4, 0.5) is 0 Å². The van der Waals surface area contributed by atoms with E-state index in [1.165, 1.54) is 6.20 Å². The first-order valence-electron chi connectivity index (χ1n) is 3.73. The molecular weight excluding hydrogens is 156 g/mol. The second-order valence-electron chi connectivity index (χ2n) is 1.83. The van der Waals surface area contributed by atoms with E-state index in [9.17, 15) is 4.79 Å². The van der Waals surface area contributed by atoms with Crippen LogP contribution in [0.5, 0.6) is 0 Å². The summed E-state index contributed by atoms with van der Waals surface area (Å²) < 4.78 is 0. The molecule has 0 aliphatic rings. The number of hydrogen-bond donors (Lipinski definition) is 1. The van der Waals surface area contributed by atoms with Gasteiger partial charge in [0.2, 0.25) is 5.82 Å². The average molecular weight is 168 g/mol. The van der Waals surface area contributed by atoms with E-state index in [0.717, 1.165) is 0 Å². The number of carboxylic acid groups (broad SMARTS) is 1. The summed E-state index contributed by atoms with van der Waals surface area (Å²) >= 11 is 0. The summed E-state index contributed by atoms with van der Waals surface area (Å²) in [4.78, 5) is 17.4. The van der Waals surface area contributed by atoms with Gasteiger partial charge < -0.3 is 5.11 Å². The maximum absolute atomic E-state index is 10.2. The summed E-state index contributed by atoms with van der Waals surface area (Å²) in [5, 5.41) is 8.38. The standard InChI is InChI=1S/C6H6N2O2.C2H6/c1-4-2-3-7-5(8-4)6(9)10;1-2/h2-3H,1H3,(H,9,10);1-2H3. The fourth-order valence-corrected chi connectivity index (χ4v) is 0.552. The first-order chi connectivity index (χ1) is 5.70. The Morgan fingerprint density at radius 2 is 2.08 bits per heavy atom. The maximum atomic E-state index is 10.2. The number of aromatic carboxylic acids is 1. The number of rotatable bonds is 1. The summed E-state index contributed by atoms with van der Waals surface area (Å²) in [6.45, 7) is 5.72. The monoisotopic (exact) mass is 168 g/mol. The second kappa shape index (κ2) is 5.23. The Hall–Kier alpha value is -1.45. The Kier molecular flexibility index (Phi) is 4.60. The maximum Gasteiger partial charge on any atom is 0.373 e. The zero-order valence-electron chi connectivity index (χ0n) is 7.40. The third kappa shape index (κ3) is 3.09. The van der Waals surface area contributed by atoms with E-state index >= 15 is 0 Å². The van der Waals surface area contributed by atoms with E-state index in [1.54, 1.807) is 13.0 Å². The van der Waals surface area contributed by atoms with Crippen LogP contribution in [0.3, 0.4) is 0 Å². The predicted octanol–water partition coefficient (Wildman–Crippen LogP) is 1.51. The summed E-state index contributed by atoms with van der Waals surface area (Å²) in [6, 6.07) is 1.65. The summed E-state index contributed by atoms with van der Waals surface area (Å²) in [5.74, 6) is -1.25. The fraction of sp³-hybridized carbons (Fsp3) is 0.375. The lowest BCUT2D eigenvalue weighted by molar-refractivity contribution is 0.0683. The van der Waals surface area contributed by atoms with Gasteiger partial charge in [0.25, 0.3) is 0 Å². The lowest BCUT2D eigenvalue weighted by Gasteiger charge is -1.91. The molecule has 1 aromatic rings. The zero-order chi connectivity index (χ0) is 9.56. The van der Waals surface area contributed by atoms with Crippen molar-refractivity contribution in [2.45, 2.75) is 20.8 Å². The molecule has 4 nitrogen and oxygen atoms in total. The SMILES string of the molecule is CC.Cc1ccnc(C(=O)O)n1. The van der Waals surface area contributed by atoms with E-state index < -0.39 is 5.97 Å². The van der Waals surface area contributed by atoms with Gasteiger partial charge >= 0.3 is 5.97 Å². The molecule has 0 atom stereocenters. The highest BCUT2D eigenvalue weighted by Gasteiger charge is 2.03. The minimum absolute atomic E-state index is 0.153. The largest absolute Gasteiger partial charge is 0.475 e. The molecule has 1 aromatic heterocycles. The minimum atomic E-state index is -1.09. The molecule has 0 unspecified atom stereocenters. The third-order valence-electron chi connectivity index (χ3n) is 0.986. The van der Waals surface area contributed by atoms with Gasteiger partial charge in [0.05, 0.1) is 0 Å². The van der Waals surface area contributed by atoms with E-state index in [-0.39, 0.29) is 5.82 Å². The van der Waals surface area contributed by atoms with Gasteiger partial charge in [0, 0.05) is 11.9 Å². The van der Waals surface area contributed by atoms with Crippen molar-refractivity contribution in [2.24, 2.45) is 0 Å². The highest BCUT2D eigenvalue weighted by molar-refractivity contribution is 5.82. The van der Waals surface area contributed by atoms with E-state index in [1.807, 2.05) is 13.8 Å². The van der Waals surface area contributed by atoms with Crippen LogP contribution in [-0.4, -0.2) is 21.0 Å². The number of carbonyl (C=O) groups is 1. The smallest absolute Gasteiger partial charge is 0.373 e. The van der Waals surface area contributed by atoms with E-state index in [0.29, 0.717) is 5.69 Å². The van der Waals surface area contributed by atoms with Crippen LogP contribution in [-0.2, 0) is 0 Å². The molecule has 66 valence electrons.